The van der Waals surface area contributed by atoms with E-state index in [1.54, 1.807) is 0 Å². The maximum absolute atomic E-state index is 11.6. The number of nitrogens with one attached hydrogen (secondary N) is 1. The summed E-state index contributed by atoms with van der Waals surface area (Å²) in [6, 6.07) is 7.18. The van der Waals surface area contributed by atoms with E-state index in [9.17, 15) is 4.79 Å². The van der Waals surface area contributed by atoms with Crippen LogP contribution in [0.3, 0.4) is 0 Å². The number of benzene rings is 1. The molecule has 0 aliphatic rings. The van der Waals surface area contributed by atoms with Crippen molar-refractivity contribution in [2.45, 2.75) is 26.3 Å². The fourth-order valence-corrected chi connectivity index (χ4v) is 1.66. The SMILES string of the molecule is CC(C)[C@@H](N)C(=O)NCCc1cccc(Cl)c1.Cl. The Morgan fingerprint density at radius 3 is 2.67 bits per heavy atom. The number of amides is 1. The highest BCUT2D eigenvalue weighted by atomic mass is 35.5. The van der Waals surface area contributed by atoms with Crippen molar-refractivity contribution in [3.63, 3.8) is 0 Å². The smallest absolute Gasteiger partial charge is 0.237 e. The first-order chi connectivity index (χ1) is 8.00. The summed E-state index contributed by atoms with van der Waals surface area (Å²) >= 11 is 5.87. The average Bonchev–Trinajstić information content (AvgIpc) is 2.27. The van der Waals surface area contributed by atoms with Gasteiger partial charge in [0.05, 0.1) is 6.04 Å². The third kappa shape index (κ3) is 5.71. The lowest BCUT2D eigenvalue weighted by Gasteiger charge is -2.15. The molecule has 0 radical (unpaired) electrons. The van der Waals surface area contributed by atoms with Gasteiger partial charge >= 0.3 is 0 Å². The summed E-state index contributed by atoms with van der Waals surface area (Å²) in [5, 5.41) is 3.54. The largest absolute Gasteiger partial charge is 0.354 e. The van der Waals surface area contributed by atoms with Crippen molar-refractivity contribution in [1.82, 2.24) is 5.32 Å². The second-order valence-corrected chi connectivity index (χ2v) is 4.88. The van der Waals surface area contributed by atoms with E-state index in [-0.39, 0.29) is 24.2 Å². The standard InChI is InChI=1S/C13H19ClN2O.ClH/c1-9(2)12(15)13(17)16-7-6-10-4-3-5-11(14)8-10;/h3-5,8-9,12H,6-7,15H2,1-2H3,(H,16,17);1H/t12-;/m1./s1. The Morgan fingerprint density at radius 2 is 2.11 bits per heavy atom. The zero-order valence-corrected chi connectivity index (χ0v) is 12.2. The molecule has 0 bridgehead atoms. The van der Waals surface area contributed by atoms with E-state index >= 15 is 0 Å². The van der Waals surface area contributed by atoms with Crippen LogP contribution in [-0.4, -0.2) is 18.5 Å². The number of carbonyl (C=O) groups excluding carboxylic acids is 1. The fourth-order valence-electron chi connectivity index (χ4n) is 1.44. The van der Waals surface area contributed by atoms with E-state index in [0.717, 1.165) is 12.0 Å². The van der Waals surface area contributed by atoms with Gasteiger partial charge in [0.2, 0.25) is 5.91 Å². The maximum Gasteiger partial charge on any atom is 0.237 e. The number of halogens is 2. The second-order valence-electron chi connectivity index (χ2n) is 4.44. The number of carbonyl (C=O) groups is 1. The van der Waals surface area contributed by atoms with E-state index in [2.05, 4.69) is 5.32 Å². The third-order valence-electron chi connectivity index (χ3n) is 2.62. The van der Waals surface area contributed by atoms with Crippen molar-refractivity contribution in [2.75, 3.05) is 6.54 Å². The van der Waals surface area contributed by atoms with Crippen LogP contribution in [0.25, 0.3) is 0 Å². The number of rotatable bonds is 5. The lowest BCUT2D eigenvalue weighted by Crippen LogP contribution is -2.44. The summed E-state index contributed by atoms with van der Waals surface area (Å²) in [6.45, 7) is 4.45. The van der Waals surface area contributed by atoms with Gasteiger partial charge in [0, 0.05) is 11.6 Å². The average molecular weight is 291 g/mol. The summed E-state index contributed by atoms with van der Waals surface area (Å²) in [6.07, 6.45) is 0.761. The molecule has 0 saturated heterocycles. The predicted molar refractivity (Wildman–Crippen MR) is 78.2 cm³/mol. The predicted octanol–water partition coefficient (Wildman–Crippen LogP) is 2.40. The quantitative estimate of drug-likeness (QED) is 0.875. The van der Waals surface area contributed by atoms with Crippen molar-refractivity contribution >= 4 is 29.9 Å². The second kappa shape index (κ2) is 8.35. The first kappa shape index (κ1) is 17.2. The Bertz CT molecular complexity index is 383. The highest BCUT2D eigenvalue weighted by Gasteiger charge is 2.16. The van der Waals surface area contributed by atoms with Crippen molar-refractivity contribution in [2.24, 2.45) is 11.7 Å². The fraction of sp³-hybridized carbons (Fsp3) is 0.462. The Hall–Kier alpha value is -0.770. The normalized spacial score (nSPS) is 11.8. The van der Waals surface area contributed by atoms with E-state index in [4.69, 9.17) is 17.3 Å². The summed E-state index contributed by atoms with van der Waals surface area (Å²) in [5.41, 5.74) is 6.84. The van der Waals surface area contributed by atoms with E-state index in [0.29, 0.717) is 11.6 Å². The molecule has 0 aliphatic carbocycles. The van der Waals surface area contributed by atoms with Crippen molar-refractivity contribution < 1.29 is 4.79 Å². The Balaban J connectivity index is 0.00000289. The lowest BCUT2D eigenvalue weighted by atomic mass is 10.0. The molecule has 0 heterocycles. The Morgan fingerprint density at radius 1 is 1.44 bits per heavy atom. The molecule has 0 saturated carbocycles. The van der Waals surface area contributed by atoms with Gasteiger partial charge < -0.3 is 11.1 Å². The zero-order chi connectivity index (χ0) is 12.8. The molecule has 0 fully saturated rings. The first-order valence-corrected chi connectivity index (χ1v) is 6.16. The van der Waals surface area contributed by atoms with Crippen molar-refractivity contribution in [1.29, 1.82) is 0 Å². The van der Waals surface area contributed by atoms with Gasteiger partial charge in [-0.1, -0.05) is 37.6 Å². The molecule has 0 aromatic heterocycles. The van der Waals surface area contributed by atoms with Crippen LogP contribution in [-0.2, 0) is 11.2 Å². The monoisotopic (exact) mass is 290 g/mol. The molecule has 3 N–H and O–H groups in total. The molecule has 1 aromatic carbocycles. The molecular formula is C13H20Cl2N2O. The minimum absolute atomic E-state index is 0. The topological polar surface area (TPSA) is 55.1 Å². The van der Waals surface area contributed by atoms with Crippen LogP contribution in [0.5, 0.6) is 0 Å². The summed E-state index contributed by atoms with van der Waals surface area (Å²) in [7, 11) is 0. The molecule has 1 amide bonds. The molecule has 1 rings (SSSR count). The minimum Gasteiger partial charge on any atom is -0.354 e. The Kier molecular flexibility index (Phi) is 8.00. The zero-order valence-electron chi connectivity index (χ0n) is 10.7. The van der Waals surface area contributed by atoms with Gasteiger partial charge in [-0.15, -0.1) is 12.4 Å². The molecule has 0 spiro atoms. The lowest BCUT2D eigenvalue weighted by molar-refractivity contribution is -0.123. The van der Waals surface area contributed by atoms with Gasteiger partial charge in [-0.25, -0.2) is 0 Å². The first-order valence-electron chi connectivity index (χ1n) is 5.78. The molecule has 18 heavy (non-hydrogen) atoms. The maximum atomic E-state index is 11.6. The van der Waals surface area contributed by atoms with E-state index < -0.39 is 6.04 Å². The van der Waals surface area contributed by atoms with Crippen molar-refractivity contribution in [3.05, 3.63) is 34.9 Å². The summed E-state index contributed by atoms with van der Waals surface area (Å²) in [4.78, 5) is 11.6. The molecule has 5 heteroatoms. The molecule has 0 unspecified atom stereocenters. The van der Waals surface area contributed by atoms with Gasteiger partial charge in [-0.3, -0.25) is 4.79 Å². The van der Waals surface area contributed by atoms with Crippen LogP contribution in [0.2, 0.25) is 5.02 Å². The van der Waals surface area contributed by atoms with Crippen LogP contribution >= 0.6 is 24.0 Å². The van der Waals surface area contributed by atoms with Crippen LogP contribution in [0.15, 0.2) is 24.3 Å². The van der Waals surface area contributed by atoms with Crippen LogP contribution in [0.1, 0.15) is 19.4 Å². The van der Waals surface area contributed by atoms with Crippen LogP contribution < -0.4 is 11.1 Å². The number of hydrogen-bond acceptors (Lipinski definition) is 2. The highest BCUT2D eigenvalue weighted by Crippen LogP contribution is 2.10. The molecule has 1 atom stereocenters. The molecule has 1 aromatic rings. The van der Waals surface area contributed by atoms with Crippen LogP contribution in [0, 0.1) is 5.92 Å². The van der Waals surface area contributed by atoms with Gasteiger partial charge in [0.1, 0.15) is 0 Å². The number of hydrogen-bond donors (Lipinski definition) is 2. The van der Waals surface area contributed by atoms with E-state index in [1.807, 2.05) is 38.1 Å². The molecule has 102 valence electrons. The van der Waals surface area contributed by atoms with E-state index in [1.165, 1.54) is 0 Å². The molecule has 0 aliphatic heterocycles. The molecule has 3 nitrogen and oxygen atoms in total. The minimum atomic E-state index is -0.436. The molecular weight excluding hydrogens is 271 g/mol. The highest BCUT2D eigenvalue weighted by molar-refractivity contribution is 6.30. The summed E-state index contributed by atoms with van der Waals surface area (Å²) < 4.78 is 0. The Labute approximate surface area is 119 Å². The van der Waals surface area contributed by atoms with Crippen molar-refractivity contribution in [3.8, 4) is 0 Å². The van der Waals surface area contributed by atoms with Gasteiger partial charge in [0.15, 0.2) is 0 Å². The van der Waals surface area contributed by atoms with Gasteiger partial charge in [0.25, 0.3) is 0 Å². The van der Waals surface area contributed by atoms with Gasteiger partial charge in [-0.05, 0) is 30.0 Å². The third-order valence-corrected chi connectivity index (χ3v) is 2.86. The summed E-state index contributed by atoms with van der Waals surface area (Å²) in [5.74, 6) is 0.0585. The van der Waals surface area contributed by atoms with Gasteiger partial charge in [-0.2, -0.15) is 0 Å². The van der Waals surface area contributed by atoms with Crippen LogP contribution in [0.4, 0.5) is 0 Å². The number of nitrogens with two attached hydrogens (primary N) is 1.